The van der Waals surface area contributed by atoms with Crippen molar-refractivity contribution in [2.75, 3.05) is 7.05 Å². The molecule has 0 aliphatic carbocycles. The van der Waals surface area contributed by atoms with Crippen LogP contribution in [-0.4, -0.2) is 24.0 Å². The summed E-state index contributed by atoms with van der Waals surface area (Å²) in [7, 11) is 1.65. The van der Waals surface area contributed by atoms with Crippen molar-refractivity contribution in [1.82, 2.24) is 10.3 Å². The predicted octanol–water partition coefficient (Wildman–Crippen LogP) is 4.29. The molecule has 134 valence electrons. The van der Waals surface area contributed by atoms with Gasteiger partial charge in [0.25, 0.3) is 0 Å². The lowest BCUT2D eigenvalue weighted by Crippen LogP contribution is -2.19. The van der Waals surface area contributed by atoms with Crippen LogP contribution in [-0.2, 0) is 11.2 Å². The van der Waals surface area contributed by atoms with Gasteiger partial charge in [0.05, 0.1) is 23.7 Å². The fraction of sp³-hybridized carbons (Fsp3) is 0.273. The maximum atomic E-state index is 11.6. The molecular formula is C22H24N2O2. The highest BCUT2D eigenvalue weighted by atomic mass is 16.5. The molecule has 1 amide bonds. The van der Waals surface area contributed by atoms with Gasteiger partial charge in [-0.15, -0.1) is 0 Å². The Kier molecular flexibility index (Phi) is 5.21. The molecule has 0 aliphatic rings. The lowest BCUT2D eigenvalue weighted by atomic mass is 10.0. The fourth-order valence-electron chi connectivity index (χ4n) is 2.97. The smallest absolute Gasteiger partial charge is 0.224 e. The second-order valence-corrected chi connectivity index (χ2v) is 6.72. The van der Waals surface area contributed by atoms with E-state index in [1.54, 1.807) is 7.05 Å². The van der Waals surface area contributed by atoms with E-state index in [0.29, 0.717) is 6.42 Å². The summed E-state index contributed by atoms with van der Waals surface area (Å²) in [6.45, 7) is 6.11. The molecule has 0 saturated heterocycles. The largest absolute Gasteiger partial charge is 0.491 e. The number of likely N-dealkylation sites (N-methyl/N-ethyl adjacent to an activating group) is 1. The number of hydrogen-bond acceptors (Lipinski definition) is 3. The highest BCUT2D eigenvalue weighted by Gasteiger charge is 2.09. The third-order valence-electron chi connectivity index (χ3n) is 4.23. The summed E-state index contributed by atoms with van der Waals surface area (Å²) in [5, 5.41) is 3.73. The number of hydrogen-bond donors (Lipinski definition) is 1. The van der Waals surface area contributed by atoms with Crippen LogP contribution in [0.4, 0.5) is 0 Å². The van der Waals surface area contributed by atoms with E-state index in [1.165, 1.54) is 0 Å². The molecule has 0 bridgehead atoms. The van der Waals surface area contributed by atoms with Crippen LogP contribution in [0.1, 0.15) is 25.0 Å². The third-order valence-corrected chi connectivity index (χ3v) is 4.23. The zero-order valence-electron chi connectivity index (χ0n) is 15.7. The zero-order chi connectivity index (χ0) is 18.7. The van der Waals surface area contributed by atoms with Gasteiger partial charge >= 0.3 is 0 Å². The van der Waals surface area contributed by atoms with Crippen molar-refractivity contribution in [3.63, 3.8) is 0 Å². The first-order chi connectivity index (χ1) is 12.5. The van der Waals surface area contributed by atoms with Crippen molar-refractivity contribution >= 4 is 16.8 Å². The number of carbonyl (C=O) groups is 1. The number of nitrogens with zero attached hydrogens (tertiary/aromatic N) is 1. The van der Waals surface area contributed by atoms with Gasteiger partial charge in [0.2, 0.25) is 5.91 Å². The molecule has 3 aromatic rings. The van der Waals surface area contributed by atoms with Crippen molar-refractivity contribution in [3.8, 4) is 17.0 Å². The minimum atomic E-state index is 0.00792. The summed E-state index contributed by atoms with van der Waals surface area (Å²) < 4.78 is 5.79. The first-order valence-electron chi connectivity index (χ1n) is 8.84. The van der Waals surface area contributed by atoms with Gasteiger partial charge in [0.1, 0.15) is 5.75 Å². The van der Waals surface area contributed by atoms with Crippen molar-refractivity contribution in [1.29, 1.82) is 0 Å². The van der Waals surface area contributed by atoms with E-state index in [2.05, 4.69) is 24.4 Å². The standard InChI is InChI=1S/C22H24N2O2/c1-14(2)26-18-7-5-6-17(13-18)21-10-15(3)19-11-16(12-22(25)23-4)8-9-20(19)24-21/h5-11,13-14H,12H2,1-4H3,(H,23,25). The summed E-state index contributed by atoms with van der Waals surface area (Å²) in [6.07, 6.45) is 0.512. The molecule has 1 aromatic heterocycles. The molecule has 0 saturated carbocycles. The van der Waals surface area contributed by atoms with Crippen LogP contribution in [0.5, 0.6) is 5.75 Å². The molecule has 3 rings (SSSR count). The monoisotopic (exact) mass is 348 g/mol. The number of nitrogens with one attached hydrogen (secondary N) is 1. The van der Waals surface area contributed by atoms with Crippen LogP contribution < -0.4 is 10.1 Å². The Morgan fingerprint density at radius 3 is 2.69 bits per heavy atom. The molecular weight excluding hydrogens is 324 g/mol. The molecule has 1 heterocycles. The van der Waals surface area contributed by atoms with Gasteiger partial charge in [-0.25, -0.2) is 4.98 Å². The van der Waals surface area contributed by atoms with Crippen LogP contribution >= 0.6 is 0 Å². The number of pyridine rings is 1. The van der Waals surface area contributed by atoms with Gasteiger partial charge in [0.15, 0.2) is 0 Å². The average Bonchev–Trinajstić information content (AvgIpc) is 2.61. The van der Waals surface area contributed by atoms with Gasteiger partial charge in [-0.1, -0.05) is 18.2 Å². The van der Waals surface area contributed by atoms with E-state index in [1.807, 2.05) is 50.2 Å². The molecule has 0 fully saturated rings. The number of aryl methyl sites for hydroxylation is 1. The minimum absolute atomic E-state index is 0.00792. The molecule has 0 spiro atoms. The quantitative estimate of drug-likeness (QED) is 0.748. The van der Waals surface area contributed by atoms with Gasteiger partial charge in [-0.2, -0.15) is 0 Å². The number of aromatic nitrogens is 1. The van der Waals surface area contributed by atoms with Crippen LogP contribution in [0.25, 0.3) is 22.2 Å². The summed E-state index contributed by atoms with van der Waals surface area (Å²) in [4.78, 5) is 16.4. The van der Waals surface area contributed by atoms with Crippen molar-refractivity contribution in [2.45, 2.75) is 33.3 Å². The van der Waals surface area contributed by atoms with Crippen molar-refractivity contribution in [3.05, 3.63) is 59.7 Å². The normalized spacial score (nSPS) is 11.0. The van der Waals surface area contributed by atoms with Crippen LogP contribution in [0.2, 0.25) is 0 Å². The van der Waals surface area contributed by atoms with Gasteiger partial charge in [-0.05, 0) is 62.2 Å². The van der Waals surface area contributed by atoms with E-state index in [4.69, 9.17) is 9.72 Å². The summed E-state index contributed by atoms with van der Waals surface area (Å²) in [5.74, 6) is 0.853. The Morgan fingerprint density at radius 2 is 1.96 bits per heavy atom. The topological polar surface area (TPSA) is 51.2 Å². The predicted molar refractivity (Wildman–Crippen MR) is 105 cm³/mol. The minimum Gasteiger partial charge on any atom is -0.491 e. The van der Waals surface area contributed by atoms with Crippen LogP contribution in [0.15, 0.2) is 48.5 Å². The Hall–Kier alpha value is -2.88. The lowest BCUT2D eigenvalue weighted by molar-refractivity contribution is -0.119. The second kappa shape index (κ2) is 7.56. The number of benzene rings is 2. The highest BCUT2D eigenvalue weighted by Crippen LogP contribution is 2.28. The van der Waals surface area contributed by atoms with E-state index >= 15 is 0 Å². The van der Waals surface area contributed by atoms with Crippen molar-refractivity contribution < 1.29 is 9.53 Å². The van der Waals surface area contributed by atoms with E-state index in [0.717, 1.165) is 39.0 Å². The SMILES string of the molecule is CNC(=O)Cc1ccc2nc(-c3cccc(OC(C)C)c3)cc(C)c2c1. The van der Waals surface area contributed by atoms with Crippen LogP contribution in [0, 0.1) is 6.92 Å². The molecule has 0 radical (unpaired) electrons. The van der Waals surface area contributed by atoms with E-state index < -0.39 is 0 Å². The number of ether oxygens (including phenoxy) is 1. The summed E-state index contributed by atoms with van der Waals surface area (Å²) in [6, 6.07) is 16.1. The fourth-order valence-corrected chi connectivity index (χ4v) is 2.97. The number of rotatable bonds is 5. The highest BCUT2D eigenvalue weighted by molar-refractivity contribution is 5.87. The molecule has 0 unspecified atom stereocenters. The maximum absolute atomic E-state index is 11.6. The molecule has 26 heavy (non-hydrogen) atoms. The number of amides is 1. The first-order valence-corrected chi connectivity index (χ1v) is 8.84. The Bertz CT molecular complexity index is 948. The van der Waals surface area contributed by atoms with Gasteiger partial charge < -0.3 is 10.1 Å². The summed E-state index contributed by atoms with van der Waals surface area (Å²) >= 11 is 0. The second-order valence-electron chi connectivity index (χ2n) is 6.72. The maximum Gasteiger partial charge on any atom is 0.224 e. The lowest BCUT2D eigenvalue weighted by Gasteiger charge is -2.12. The number of carbonyl (C=O) groups excluding carboxylic acids is 1. The molecule has 0 aliphatic heterocycles. The molecule has 1 N–H and O–H groups in total. The Balaban J connectivity index is 1.99. The van der Waals surface area contributed by atoms with Gasteiger partial charge in [0, 0.05) is 18.0 Å². The molecule has 2 aromatic carbocycles. The average molecular weight is 348 g/mol. The Labute approximate surface area is 154 Å². The molecule has 0 atom stereocenters. The van der Waals surface area contributed by atoms with Crippen LogP contribution in [0.3, 0.4) is 0 Å². The molecule has 4 heteroatoms. The number of fused-ring (bicyclic) bond motifs is 1. The zero-order valence-corrected chi connectivity index (χ0v) is 15.7. The van der Waals surface area contributed by atoms with Gasteiger partial charge in [-0.3, -0.25) is 4.79 Å². The summed E-state index contributed by atoms with van der Waals surface area (Å²) in [5.41, 5.74) is 5.00. The third kappa shape index (κ3) is 4.02. The Morgan fingerprint density at radius 1 is 1.15 bits per heavy atom. The molecule has 4 nitrogen and oxygen atoms in total. The first kappa shape index (κ1) is 17.9. The van der Waals surface area contributed by atoms with E-state index in [-0.39, 0.29) is 12.0 Å². The van der Waals surface area contributed by atoms with E-state index in [9.17, 15) is 4.79 Å². The van der Waals surface area contributed by atoms with Crippen molar-refractivity contribution in [2.24, 2.45) is 0 Å².